The second-order valence-corrected chi connectivity index (χ2v) is 4.71. The third-order valence-electron chi connectivity index (χ3n) is 2.94. The minimum atomic E-state index is -0.524. The van der Waals surface area contributed by atoms with Crippen LogP contribution in [0.3, 0.4) is 0 Å². The molecule has 0 atom stereocenters. The maximum Gasteiger partial charge on any atom is 0.270 e. The highest BCUT2D eigenvalue weighted by molar-refractivity contribution is 6.04. The maximum atomic E-state index is 12.1. The quantitative estimate of drug-likeness (QED) is 0.692. The molecule has 0 saturated heterocycles. The predicted molar refractivity (Wildman–Crippen MR) is 81.8 cm³/mol. The minimum absolute atomic E-state index is 0.107. The lowest BCUT2D eigenvalue weighted by Gasteiger charge is -2.14. The van der Waals surface area contributed by atoms with Gasteiger partial charge in [-0.2, -0.15) is 0 Å². The van der Waals surface area contributed by atoms with Crippen LogP contribution in [0.4, 0.5) is 17.1 Å². The predicted octanol–water partition coefficient (Wildman–Crippen LogP) is 2.91. The molecule has 2 aromatic rings. The number of non-ortho nitro benzene ring substituents is 1. The van der Waals surface area contributed by atoms with Crippen LogP contribution in [-0.4, -0.2) is 24.9 Å². The van der Waals surface area contributed by atoms with Crippen molar-refractivity contribution in [1.29, 1.82) is 0 Å². The van der Waals surface area contributed by atoms with Crippen LogP contribution < -0.4 is 10.2 Å². The lowest BCUT2D eigenvalue weighted by atomic mass is 10.2. The number of rotatable bonds is 4. The third-order valence-corrected chi connectivity index (χ3v) is 2.94. The van der Waals surface area contributed by atoms with Crippen molar-refractivity contribution in [3.8, 4) is 0 Å². The van der Waals surface area contributed by atoms with E-state index in [1.165, 1.54) is 24.3 Å². The Morgan fingerprint density at radius 3 is 2.52 bits per heavy atom. The molecule has 1 N–H and O–H groups in total. The summed E-state index contributed by atoms with van der Waals surface area (Å²) in [6, 6.07) is 13.0. The average molecular weight is 285 g/mol. The Balaban J connectivity index is 2.20. The summed E-state index contributed by atoms with van der Waals surface area (Å²) in [5, 5.41) is 13.5. The molecule has 0 aliphatic rings. The second-order valence-electron chi connectivity index (χ2n) is 4.71. The average Bonchev–Trinajstić information content (AvgIpc) is 2.47. The van der Waals surface area contributed by atoms with E-state index < -0.39 is 4.92 Å². The molecule has 0 bridgehead atoms. The first-order chi connectivity index (χ1) is 9.97. The number of hydrogen-bond acceptors (Lipinski definition) is 4. The molecular formula is C15H15N3O3. The normalized spacial score (nSPS) is 10.0. The number of nitro benzene ring substituents is 1. The van der Waals surface area contributed by atoms with Crippen LogP contribution in [-0.2, 0) is 0 Å². The lowest BCUT2D eigenvalue weighted by molar-refractivity contribution is -0.384. The van der Waals surface area contributed by atoms with E-state index in [0.29, 0.717) is 5.69 Å². The Labute approximate surface area is 122 Å². The van der Waals surface area contributed by atoms with Gasteiger partial charge in [0.05, 0.1) is 4.92 Å². The highest BCUT2D eigenvalue weighted by Crippen LogP contribution is 2.19. The molecule has 21 heavy (non-hydrogen) atoms. The SMILES string of the molecule is CN(C)c1cccc(NC(=O)c2cccc([N+](=O)[O-])c2)c1. The van der Waals surface area contributed by atoms with E-state index in [2.05, 4.69) is 5.32 Å². The molecular weight excluding hydrogens is 270 g/mol. The van der Waals surface area contributed by atoms with Gasteiger partial charge in [-0.25, -0.2) is 0 Å². The van der Waals surface area contributed by atoms with Gasteiger partial charge >= 0.3 is 0 Å². The Morgan fingerprint density at radius 1 is 1.14 bits per heavy atom. The number of nitrogens with zero attached hydrogens (tertiary/aromatic N) is 2. The molecule has 6 nitrogen and oxygen atoms in total. The molecule has 0 aromatic heterocycles. The first-order valence-corrected chi connectivity index (χ1v) is 6.30. The van der Waals surface area contributed by atoms with E-state index in [-0.39, 0.29) is 17.2 Å². The van der Waals surface area contributed by atoms with Crippen molar-refractivity contribution in [2.75, 3.05) is 24.3 Å². The number of hydrogen-bond donors (Lipinski definition) is 1. The summed E-state index contributed by atoms with van der Waals surface area (Å²) < 4.78 is 0. The van der Waals surface area contributed by atoms with E-state index in [1.807, 2.05) is 37.2 Å². The highest BCUT2D eigenvalue weighted by Gasteiger charge is 2.11. The zero-order valence-electron chi connectivity index (χ0n) is 11.7. The molecule has 0 aliphatic heterocycles. The van der Waals surface area contributed by atoms with Crippen LogP contribution in [0.2, 0.25) is 0 Å². The first-order valence-electron chi connectivity index (χ1n) is 6.30. The molecule has 0 unspecified atom stereocenters. The van der Waals surface area contributed by atoms with Gasteiger partial charge in [0.1, 0.15) is 0 Å². The largest absolute Gasteiger partial charge is 0.378 e. The molecule has 0 spiro atoms. The van der Waals surface area contributed by atoms with E-state index >= 15 is 0 Å². The Kier molecular flexibility index (Phi) is 4.18. The van der Waals surface area contributed by atoms with Gasteiger partial charge in [0.15, 0.2) is 0 Å². The van der Waals surface area contributed by atoms with E-state index in [1.54, 1.807) is 6.07 Å². The molecule has 108 valence electrons. The second kappa shape index (κ2) is 6.04. The molecule has 6 heteroatoms. The highest BCUT2D eigenvalue weighted by atomic mass is 16.6. The van der Waals surface area contributed by atoms with Crippen molar-refractivity contribution in [1.82, 2.24) is 0 Å². The summed E-state index contributed by atoms with van der Waals surface area (Å²) in [5.41, 5.74) is 1.73. The molecule has 0 fully saturated rings. The van der Waals surface area contributed by atoms with Gasteiger partial charge in [-0.1, -0.05) is 12.1 Å². The van der Waals surface area contributed by atoms with Crippen LogP contribution in [0.5, 0.6) is 0 Å². The molecule has 1 amide bonds. The number of nitrogens with one attached hydrogen (secondary N) is 1. The van der Waals surface area contributed by atoms with Crippen LogP contribution in [0.25, 0.3) is 0 Å². The van der Waals surface area contributed by atoms with Crippen LogP contribution in [0.1, 0.15) is 10.4 Å². The van der Waals surface area contributed by atoms with Gasteiger partial charge in [0.2, 0.25) is 0 Å². The van der Waals surface area contributed by atoms with Crippen molar-refractivity contribution in [2.45, 2.75) is 0 Å². The zero-order valence-corrected chi connectivity index (χ0v) is 11.7. The molecule has 0 radical (unpaired) electrons. The molecule has 0 aliphatic carbocycles. The number of benzene rings is 2. The van der Waals surface area contributed by atoms with Gasteiger partial charge in [-0.3, -0.25) is 14.9 Å². The van der Waals surface area contributed by atoms with Crippen molar-refractivity contribution >= 4 is 23.0 Å². The maximum absolute atomic E-state index is 12.1. The number of carbonyl (C=O) groups excluding carboxylic acids is 1. The summed E-state index contributed by atoms with van der Waals surface area (Å²) in [6.07, 6.45) is 0. The van der Waals surface area contributed by atoms with E-state index in [4.69, 9.17) is 0 Å². The zero-order chi connectivity index (χ0) is 15.4. The molecule has 2 aromatic carbocycles. The summed E-state index contributed by atoms with van der Waals surface area (Å²) in [6.45, 7) is 0. The smallest absolute Gasteiger partial charge is 0.270 e. The number of carbonyl (C=O) groups is 1. The molecule has 0 heterocycles. The van der Waals surface area contributed by atoms with Crippen molar-refractivity contribution < 1.29 is 9.72 Å². The Bertz CT molecular complexity index is 683. The summed E-state index contributed by atoms with van der Waals surface area (Å²) in [7, 11) is 3.81. The standard InChI is InChI=1S/C15H15N3O3/c1-17(2)13-7-4-6-12(10-13)16-15(19)11-5-3-8-14(9-11)18(20)21/h3-10H,1-2H3,(H,16,19). The van der Waals surface area contributed by atoms with Gasteiger partial charge < -0.3 is 10.2 Å². The van der Waals surface area contributed by atoms with Crippen molar-refractivity contribution in [3.05, 3.63) is 64.2 Å². The molecule has 0 saturated carbocycles. The summed E-state index contributed by atoms with van der Waals surface area (Å²) in [4.78, 5) is 24.2. The van der Waals surface area contributed by atoms with Gasteiger partial charge in [0.25, 0.3) is 11.6 Å². The summed E-state index contributed by atoms with van der Waals surface area (Å²) in [5.74, 6) is -0.380. The van der Waals surface area contributed by atoms with E-state index in [9.17, 15) is 14.9 Å². The lowest BCUT2D eigenvalue weighted by Crippen LogP contribution is -2.13. The molecule has 2 rings (SSSR count). The number of nitro groups is 1. The fraction of sp³-hybridized carbons (Fsp3) is 0.133. The van der Waals surface area contributed by atoms with Crippen LogP contribution >= 0.6 is 0 Å². The minimum Gasteiger partial charge on any atom is -0.378 e. The Hall–Kier alpha value is -2.89. The van der Waals surface area contributed by atoms with Gasteiger partial charge in [0, 0.05) is 43.2 Å². The summed E-state index contributed by atoms with van der Waals surface area (Å²) >= 11 is 0. The first kappa shape index (κ1) is 14.5. The van der Waals surface area contributed by atoms with Crippen molar-refractivity contribution in [3.63, 3.8) is 0 Å². The van der Waals surface area contributed by atoms with Crippen molar-refractivity contribution in [2.24, 2.45) is 0 Å². The van der Waals surface area contributed by atoms with Gasteiger partial charge in [-0.05, 0) is 24.3 Å². The fourth-order valence-electron chi connectivity index (χ4n) is 1.83. The fourth-order valence-corrected chi connectivity index (χ4v) is 1.83. The van der Waals surface area contributed by atoms with Crippen LogP contribution in [0.15, 0.2) is 48.5 Å². The monoisotopic (exact) mass is 285 g/mol. The Morgan fingerprint density at radius 2 is 1.86 bits per heavy atom. The third kappa shape index (κ3) is 3.56. The van der Waals surface area contributed by atoms with Crippen LogP contribution in [0, 0.1) is 10.1 Å². The number of amides is 1. The number of anilines is 2. The van der Waals surface area contributed by atoms with Gasteiger partial charge in [-0.15, -0.1) is 0 Å². The topological polar surface area (TPSA) is 75.5 Å². The van der Waals surface area contributed by atoms with E-state index in [0.717, 1.165) is 5.69 Å².